The van der Waals surface area contributed by atoms with E-state index < -0.39 is 10.0 Å². The fourth-order valence-corrected chi connectivity index (χ4v) is 5.39. The number of aryl methyl sites for hydroxylation is 1. The summed E-state index contributed by atoms with van der Waals surface area (Å²) in [5.74, 6) is -0.127. The Hall–Kier alpha value is -1.38. The van der Waals surface area contributed by atoms with E-state index >= 15 is 0 Å². The van der Waals surface area contributed by atoms with Crippen LogP contribution in [0.15, 0.2) is 17.2 Å². The van der Waals surface area contributed by atoms with Crippen LogP contribution in [0.5, 0.6) is 0 Å². The maximum Gasteiger partial charge on any atom is 0.270 e. The molecule has 0 bridgehead atoms. The molecule has 25 heavy (non-hydrogen) atoms. The molecule has 8 heteroatoms. The molecule has 0 aliphatic carbocycles. The summed E-state index contributed by atoms with van der Waals surface area (Å²) in [5, 5.41) is 0. The fraction of sp³-hybridized carbons (Fsp3) is 0.706. The third-order valence-corrected chi connectivity index (χ3v) is 7.18. The molecule has 2 N–H and O–H groups in total. The molecule has 0 spiro atoms. The lowest BCUT2D eigenvalue weighted by molar-refractivity contribution is 0.0613. The van der Waals surface area contributed by atoms with Crippen LogP contribution in [0.1, 0.15) is 49.0 Å². The van der Waals surface area contributed by atoms with Gasteiger partial charge in [-0.1, -0.05) is 6.42 Å². The molecule has 0 saturated carbocycles. The van der Waals surface area contributed by atoms with Gasteiger partial charge in [0.2, 0.25) is 10.0 Å². The van der Waals surface area contributed by atoms with Crippen molar-refractivity contribution in [2.24, 2.45) is 12.8 Å². The molecule has 0 radical (unpaired) electrons. The summed E-state index contributed by atoms with van der Waals surface area (Å²) in [7, 11) is -1.80. The Morgan fingerprint density at radius 3 is 2.52 bits per heavy atom. The second kappa shape index (κ2) is 7.47. The third-order valence-electron chi connectivity index (χ3n) is 5.31. The zero-order valence-corrected chi connectivity index (χ0v) is 15.7. The van der Waals surface area contributed by atoms with E-state index in [0.717, 1.165) is 38.5 Å². The fourth-order valence-electron chi connectivity index (χ4n) is 3.80. The van der Waals surface area contributed by atoms with Crippen molar-refractivity contribution in [1.29, 1.82) is 0 Å². The molecule has 1 aromatic rings. The van der Waals surface area contributed by atoms with Crippen molar-refractivity contribution in [3.8, 4) is 0 Å². The highest BCUT2D eigenvalue weighted by Gasteiger charge is 2.31. The topological polar surface area (TPSA) is 88.6 Å². The summed E-state index contributed by atoms with van der Waals surface area (Å²) < 4.78 is 28.8. The number of nitrogens with zero attached hydrogens (tertiary/aromatic N) is 3. The Morgan fingerprint density at radius 1 is 1.16 bits per heavy atom. The minimum Gasteiger partial charge on any atom is -0.345 e. The van der Waals surface area contributed by atoms with Crippen molar-refractivity contribution in [2.75, 3.05) is 26.2 Å². The number of aromatic nitrogens is 1. The SMILES string of the molecule is Cn1cc(S(=O)(=O)N2CCCCC2)cc1C(=O)N1CCCCC1CN. The normalized spacial score (nSPS) is 23.0. The zero-order chi connectivity index (χ0) is 18.0. The first-order valence-electron chi connectivity index (χ1n) is 9.12. The van der Waals surface area contributed by atoms with Gasteiger partial charge < -0.3 is 15.2 Å². The molecule has 3 heterocycles. The van der Waals surface area contributed by atoms with E-state index in [1.54, 1.807) is 22.7 Å². The Bertz CT molecular complexity index is 722. The molecule has 1 unspecified atom stereocenters. The quantitative estimate of drug-likeness (QED) is 0.863. The average Bonchev–Trinajstić information content (AvgIpc) is 3.04. The summed E-state index contributed by atoms with van der Waals surface area (Å²) in [5.41, 5.74) is 6.23. The average molecular weight is 369 g/mol. The van der Waals surface area contributed by atoms with E-state index in [1.807, 2.05) is 0 Å². The highest BCUT2D eigenvalue weighted by Crippen LogP contribution is 2.24. The number of hydrogen-bond donors (Lipinski definition) is 1. The second-order valence-corrected chi connectivity index (χ2v) is 8.96. The molecule has 1 amide bonds. The Labute approximate surface area is 149 Å². The standard InChI is InChI=1S/C17H28N4O3S/c1-19-13-15(25(23,24)20-8-4-2-5-9-20)11-16(19)17(22)21-10-6-3-7-14(21)12-18/h11,13-14H,2-10,12,18H2,1H3. The highest BCUT2D eigenvalue weighted by molar-refractivity contribution is 7.89. The monoisotopic (exact) mass is 368 g/mol. The number of nitrogens with two attached hydrogens (primary N) is 1. The molecule has 2 saturated heterocycles. The van der Waals surface area contributed by atoms with Crippen LogP contribution in [0.2, 0.25) is 0 Å². The summed E-state index contributed by atoms with van der Waals surface area (Å²) in [6, 6.07) is 1.56. The van der Waals surface area contributed by atoms with Gasteiger partial charge in [-0.15, -0.1) is 0 Å². The molecule has 1 aromatic heterocycles. The van der Waals surface area contributed by atoms with Crippen LogP contribution in [0.25, 0.3) is 0 Å². The van der Waals surface area contributed by atoms with Gasteiger partial charge in [-0.25, -0.2) is 8.42 Å². The third kappa shape index (κ3) is 3.61. The van der Waals surface area contributed by atoms with Gasteiger partial charge in [-0.3, -0.25) is 4.79 Å². The van der Waals surface area contributed by atoms with Crippen molar-refractivity contribution in [1.82, 2.24) is 13.8 Å². The number of sulfonamides is 1. The van der Waals surface area contributed by atoms with Gasteiger partial charge in [-0.05, 0) is 38.2 Å². The Kier molecular flexibility index (Phi) is 5.50. The van der Waals surface area contributed by atoms with Crippen LogP contribution in [-0.4, -0.2) is 60.3 Å². The van der Waals surface area contributed by atoms with Gasteiger partial charge in [0.25, 0.3) is 5.91 Å². The van der Waals surface area contributed by atoms with Gasteiger partial charge >= 0.3 is 0 Å². The van der Waals surface area contributed by atoms with Gasteiger partial charge in [-0.2, -0.15) is 4.31 Å². The maximum absolute atomic E-state index is 12.9. The van der Waals surface area contributed by atoms with Gasteiger partial charge in [0.05, 0.1) is 0 Å². The summed E-state index contributed by atoms with van der Waals surface area (Å²) in [6.45, 7) is 2.24. The molecule has 140 valence electrons. The minimum atomic E-state index is -3.53. The summed E-state index contributed by atoms with van der Waals surface area (Å²) >= 11 is 0. The lowest BCUT2D eigenvalue weighted by atomic mass is 10.0. The Balaban J connectivity index is 1.85. The van der Waals surface area contributed by atoms with Crippen LogP contribution in [0.3, 0.4) is 0 Å². The van der Waals surface area contributed by atoms with Crippen LogP contribution >= 0.6 is 0 Å². The maximum atomic E-state index is 12.9. The molecule has 0 aromatic carbocycles. The first-order chi connectivity index (χ1) is 11.9. The summed E-state index contributed by atoms with van der Waals surface area (Å²) in [6.07, 6.45) is 7.36. The number of carbonyl (C=O) groups is 1. The zero-order valence-electron chi connectivity index (χ0n) is 14.9. The molecule has 7 nitrogen and oxygen atoms in total. The lowest BCUT2D eigenvalue weighted by Gasteiger charge is -2.35. The number of amides is 1. The second-order valence-electron chi connectivity index (χ2n) is 7.02. The van der Waals surface area contributed by atoms with Gasteiger partial charge in [0.15, 0.2) is 0 Å². The van der Waals surface area contributed by atoms with Crippen molar-refractivity contribution in [3.05, 3.63) is 18.0 Å². The Morgan fingerprint density at radius 2 is 1.84 bits per heavy atom. The number of hydrogen-bond acceptors (Lipinski definition) is 4. The molecule has 3 rings (SSSR count). The van der Waals surface area contributed by atoms with Gasteiger partial charge in [0, 0.05) is 45.5 Å². The summed E-state index contributed by atoms with van der Waals surface area (Å²) in [4.78, 5) is 15.0. The molecule has 2 fully saturated rings. The first-order valence-corrected chi connectivity index (χ1v) is 10.6. The predicted octanol–water partition coefficient (Wildman–Crippen LogP) is 1.15. The molecule has 1 atom stereocenters. The van der Waals surface area contributed by atoms with Crippen LogP contribution in [0, 0.1) is 0 Å². The van der Waals surface area contributed by atoms with E-state index in [0.29, 0.717) is 31.9 Å². The van der Waals surface area contributed by atoms with E-state index in [9.17, 15) is 13.2 Å². The van der Waals surface area contributed by atoms with Crippen molar-refractivity contribution >= 4 is 15.9 Å². The van der Waals surface area contributed by atoms with Crippen molar-refractivity contribution < 1.29 is 13.2 Å². The van der Waals surface area contributed by atoms with Crippen LogP contribution in [0.4, 0.5) is 0 Å². The van der Waals surface area contributed by atoms with Crippen molar-refractivity contribution in [2.45, 2.75) is 49.5 Å². The largest absolute Gasteiger partial charge is 0.345 e. The molecule has 2 aliphatic rings. The van der Waals surface area contributed by atoms with E-state index in [1.165, 1.54) is 10.4 Å². The van der Waals surface area contributed by atoms with Crippen LogP contribution < -0.4 is 5.73 Å². The minimum absolute atomic E-state index is 0.0401. The number of piperidine rings is 2. The molecule has 2 aliphatic heterocycles. The van der Waals surface area contributed by atoms with E-state index in [-0.39, 0.29) is 16.8 Å². The number of rotatable bonds is 4. The predicted molar refractivity (Wildman–Crippen MR) is 95.8 cm³/mol. The highest BCUT2D eigenvalue weighted by atomic mass is 32.2. The molecular formula is C17H28N4O3S. The van der Waals surface area contributed by atoms with Crippen LogP contribution in [-0.2, 0) is 17.1 Å². The smallest absolute Gasteiger partial charge is 0.270 e. The lowest BCUT2D eigenvalue weighted by Crippen LogP contribution is -2.47. The number of carbonyl (C=O) groups excluding carboxylic acids is 1. The van der Waals surface area contributed by atoms with E-state index in [2.05, 4.69) is 0 Å². The number of likely N-dealkylation sites (tertiary alicyclic amines) is 1. The van der Waals surface area contributed by atoms with Crippen molar-refractivity contribution in [3.63, 3.8) is 0 Å². The first kappa shape index (κ1) is 18.4. The van der Waals surface area contributed by atoms with Gasteiger partial charge in [0.1, 0.15) is 10.6 Å². The molecular weight excluding hydrogens is 340 g/mol. The van der Waals surface area contributed by atoms with E-state index in [4.69, 9.17) is 5.73 Å².